The molecular weight excluding hydrogens is 320 g/mol. The zero-order chi connectivity index (χ0) is 18.7. The molecule has 5 nitrogen and oxygen atoms in total. The van der Waals surface area contributed by atoms with Gasteiger partial charge < -0.3 is 14.9 Å². The number of hydrogen-bond donors (Lipinski definition) is 2. The minimum Gasteiger partial charge on any atom is -0.507 e. The minimum atomic E-state index is -0.686. The molecule has 0 saturated carbocycles. The molecule has 5 heteroatoms. The number of ether oxygens (including phenoxy) is 1. The fraction of sp³-hybridized carbons (Fsp3) is 0.300. The normalized spacial score (nSPS) is 10.6. The van der Waals surface area contributed by atoms with Crippen LogP contribution in [-0.2, 0) is 11.2 Å². The second-order valence-corrected chi connectivity index (χ2v) is 5.91. The number of phenols is 2. The standard InChI is InChI=1S/C20H22O5/c1-5-13-9-14(10-16(18(13)22)20(24)25-6-2)19(23)15-8-11(3)7-12(4)17(15)21/h7-10,21-22H,5-6H2,1-4H3. The Labute approximate surface area is 146 Å². The zero-order valence-corrected chi connectivity index (χ0v) is 14.8. The van der Waals surface area contributed by atoms with Crippen LogP contribution in [0.15, 0.2) is 24.3 Å². The highest BCUT2D eigenvalue weighted by molar-refractivity contribution is 6.12. The Morgan fingerprint density at radius 2 is 1.64 bits per heavy atom. The average Bonchev–Trinajstić information content (AvgIpc) is 2.57. The number of ketones is 1. The molecule has 0 saturated heterocycles. The van der Waals surface area contributed by atoms with Crippen LogP contribution in [0, 0.1) is 13.8 Å². The maximum atomic E-state index is 12.9. The Kier molecular flexibility index (Phi) is 5.47. The van der Waals surface area contributed by atoms with Crippen LogP contribution in [0.3, 0.4) is 0 Å². The van der Waals surface area contributed by atoms with Crippen LogP contribution >= 0.6 is 0 Å². The third-order valence-electron chi connectivity index (χ3n) is 4.02. The van der Waals surface area contributed by atoms with E-state index in [4.69, 9.17) is 4.74 Å². The molecule has 2 aromatic carbocycles. The Balaban J connectivity index is 2.61. The van der Waals surface area contributed by atoms with Crippen LogP contribution in [0.2, 0.25) is 0 Å². The van der Waals surface area contributed by atoms with Gasteiger partial charge in [-0.25, -0.2) is 4.79 Å². The molecule has 0 atom stereocenters. The molecule has 0 fully saturated rings. The predicted octanol–water partition coefficient (Wildman–Crippen LogP) is 3.68. The fourth-order valence-electron chi connectivity index (χ4n) is 2.75. The summed E-state index contributed by atoms with van der Waals surface area (Å²) >= 11 is 0. The number of hydrogen-bond acceptors (Lipinski definition) is 5. The summed E-state index contributed by atoms with van der Waals surface area (Å²) in [5.74, 6) is -1.36. The monoisotopic (exact) mass is 342 g/mol. The van der Waals surface area contributed by atoms with Gasteiger partial charge in [-0.05, 0) is 62.1 Å². The Morgan fingerprint density at radius 3 is 2.24 bits per heavy atom. The molecule has 25 heavy (non-hydrogen) atoms. The molecule has 0 unspecified atom stereocenters. The summed E-state index contributed by atoms with van der Waals surface area (Å²) in [6, 6.07) is 6.24. The number of aryl methyl sites for hydroxylation is 3. The van der Waals surface area contributed by atoms with Gasteiger partial charge in [0.25, 0.3) is 0 Å². The SMILES string of the molecule is CCOC(=O)c1cc(C(=O)c2cc(C)cc(C)c2O)cc(CC)c1O. The summed E-state index contributed by atoms with van der Waals surface area (Å²) in [5, 5.41) is 20.5. The molecule has 0 aliphatic heterocycles. The van der Waals surface area contributed by atoms with Crippen LogP contribution < -0.4 is 0 Å². The van der Waals surface area contributed by atoms with Gasteiger partial charge in [-0.1, -0.05) is 13.0 Å². The number of phenolic OH excluding ortho intramolecular Hbond substituents is 2. The van der Waals surface area contributed by atoms with E-state index in [1.807, 2.05) is 13.8 Å². The lowest BCUT2D eigenvalue weighted by Crippen LogP contribution is -2.10. The summed E-state index contributed by atoms with van der Waals surface area (Å²) in [5.41, 5.74) is 2.26. The van der Waals surface area contributed by atoms with E-state index in [0.717, 1.165) is 5.56 Å². The number of aromatic hydroxyl groups is 2. The second-order valence-electron chi connectivity index (χ2n) is 5.91. The first-order valence-corrected chi connectivity index (χ1v) is 8.18. The Bertz CT molecular complexity index is 836. The van der Waals surface area contributed by atoms with Gasteiger partial charge >= 0.3 is 5.97 Å². The summed E-state index contributed by atoms with van der Waals surface area (Å²) in [6.45, 7) is 7.19. The molecule has 2 N–H and O–H groups in total. The highest BCUT2D eigenvalue weighted by Gasteiger charge is 2.22. The van der Waals surface area contributed by atoms with E-state index in [9.17, 15) is 19.8 Å². The second kappa shape index (κ2) is 7.38. The van der Waals surface area contributed by atoms with Crippen molar-refractivity contribution < 1.29 is 24.5 Å². The van der Waals surface area contributed by atoms with Gasteiger partial charge in [0, 0.05) is 5.56 Å². The molecule has 0 bridgehead atoms. The van der Waals surface area contributed by atoms with Crippen LogP contribution in [0.5, 0.6) is 11.5 Å². The van der Waals surface area contributed by atoms with Gasteiger partial charge in [0.05, 0.1) is 12.2 Å². The highest BCUT2D eigenvalue weighted by Crippen LogP contribution is 2.30. The molecule has 2 aromatic rings. The molecule has 132 valence electrons. The first kappa shape index (κ1) is 18.5. The van der Waals surface area contributed by atoms with E-state index in [1.165, 1.54) is 12.1 Å². The fourth-order valence-corrected chi connectivity index (χ4v) is 2.75. The van der Waals surface area contributed by atoms with Crippen molar-refractivity contribution >= 4 is 11.8 Å². The molecular formula is C20H22O5. The third kappa shape index (κ3) is 3.65. The topological polar surface area (TPSA) is 83.8 Å². The lowest BCUT2D eigenvalue weighted by Gasteiger charge is -2.13. The maximum absolute atomic E-state index is 12.9. The number of carbonyl (C=O) groups is 2. The van der Waals surface area contributed by atoms with E-state index in [0.29, 0.717) is 17.5 Å². The van der Waals surface area contributed by atoms with Gasteiger partial charge in [-0.15, -0.1) is 0 Å². The smallest absolute Gasteiger partial charge is 0.341 e. The van der Waals surface area contributed by atoms with E-state index in [-0.39, 0.29) is 34.8 Å². The largest absolute Gasteiger partial charge is 0.507 e. The van der Waals surface area contributed by atoms with Crippen molar-refractivity contribution in [3.63, 3.8) is 0 Å². The zero-order valence-electron chi connectivity index (χ0n) is 14.8. The molecule has 0 amide bonds. The lowest BCUT2D eigenvalue weighted by atomic mass is 9.94. The molecule has 0 aliphatic carbocycles. The molecule has 0 radical (unpaired) electrons. The summed E-state index contributed by atoms with van der Waals surface area (Å²) in [6.07, 6.45) is 0.443. The predicted molar refractivity (Wildman–Crippen MR) is 94.5 cm³/mol. The first-order valence-electron chi connectivity index (χ1n) is 8.18. The third-order valence-corrected chi connectivity index (χ3v) is 4.02. The van der Waals surface area contributed by atoms with Crippen molar-refractivity contribution in [3.8, 4) is 11.5 Å². The number of carbonyl (C=O) groups excluding carboxylic acids is 2. The van der Waals surface area contributed by atoms with Crippen LogP contribution in [0.1, 0.15) is 56.8 Å². The van der Waals surface area contributed by atoms with E-state index < -0.39 is 11.8 Å². The highest BCUT2D eigenvalue weighted by atomic mass is 16.5. The molecule has 0 aliphatic rings. The van der Waals surface area contributed by atoms with Crippen molar-refractivity contribution in [1.82, 2.24) is 0 Å². The van der Waals surface area contributed by atoms with Gasteiger partial charge in [0.2, 0.25) is 0 Å². The first-order chi connectivity index (χ1) is 11.8. The van der Waals surface area contributed by atoms with Crippen molar-refractivity contribution in [1.29, 1.82) is 0 Å². The number of esters is 1. The van der Waals surface area contributed by atoms with Crippen LogP contribution in [0.25, 0.3) is 0 Å². The van der Waals surface area contributed by atoms with Gasteiger partial charge in [0.15, 0.2) is 5.78 Å². The van der Waals surface area contributed by atoms with Crippen LogP contribution in [-0.4, -0.2) is 28.6 Å². The summed E-state index contributed by atoms with van der Waals surface area (Å²) in [4.78, 5) is 25.0. The number of benzene rings is 2. The maximum Gasteiger partial charge on any atom is 0.341 e. The Morgan fingerprint density at radius 1 is 0.960 bits per heavy atom. The van der Waals surface area contributed by atoms with E-state index in [2.05, 4.69) is 0 Å². The Hall–Kier alpha value is -2.82. The van der Waals surface area contributed by atoms with Crippen LogP contribution in [0.4, 0.5) is 0 Å². The van der Waals surface area contributed by atoms with E-state index >= 15 is 0 Å². The summed E-state index contributed by atoms with van der Waals surface area (Å²) < 4.78 is 4.95. The quantitative estimate of drug-likeness (QED) is 0.639. The van der Waals surface area contributed by atoms with Crippen molar-refractivity contribution in [2.24, 2.45) is 0 Å². The molecule has 2 rings (SSSR count). The molecule has 0 aromatic heterocycles. The lowest BCUT2D eigenvalue weighted by molar-refractivity contribution is 0.0523. The summed E-state index contributed by atoms with van der Waals surface area (Å²) in [7, 11) is 0. The number of rotatable bonds is 5. The van der Waals surface area contributed by atoms with Crippen molar-refractivity contribution in [3.05, 3.63) is 57.6 Å². The van der Waals surface area contributed by atoms with Gasteiger partial charge in [0.1, 0.15) is 17.1 Å². The molecule has 0 spiro atoms. The van der Waals surface area contributed by atoms with Gasteiger partial charge in [-0.2, -0.15) is 0 Å². The average molecular weight is 342 g/mol. The minimum absolute atomic E-state index is 0.0478. The van der Waals surface area contributed by atoms with Crippen molar-refractivity contribution in [2.45, 2.75) is 34.1 Å². The van der Waals surface area contributed by atoms with E-state index in [1.54, 1.807) is 26.0 Å². The van der Waals surface area contributed by atoms with Crippen molar-refractivity contribution in [2.75, 3.05) is 6.61 Å². The molecule has 0 heterocycles. The van der Waals surface area contributed by atoms with Gasteiger partial charge in [-0.3, -0.25) is 4.79 Å².